The molecule has 0 aliphatic heterocycles. The second kappa shape index (κ2) is 3.42. The number of aromatic nitrogens is 2. The minimum Gasteiger partial charge on any atom is -0.236 e. The first kappa shape index (κ1) is 9.55. The first-order chi connectivity index (χ1) is 7.74. The fraction of sp³-hybridized carbons (Fsp3) is 0.0769. The first-order valence-corrected chi connectivity index (χ1v) is 5.42. The zero-order valence-electron chi connectivity index (χ0n) is 8.74. The molecule has 0 N–H and O–H groups in total. The SMILES string of the molecule is Cc1ccc2cnc3ncc(Cl)cc3c2c1. The molecule has 16 heavy (non-hydrogen) atoms. The summed E-state index contributed by atoms with van der Waals surface area (Å²) in [7, 11) is 0. The Morgan fingerprint density at radius 2 is 1.81 bits per heavy atom. The van der Waals surface area contributed by atoms with E-state index in [9.17, 15) is 0 Å². The summed E-state index contributed by atoms with van der Waals surface area (Å²) in [5.41, 5.74) is 1.96. The number of hydrogen-bond acceptors (Lipinski definition) is 2. The number of nitrogens with zero attached hydrogens (tertiary/aromatic N) is 2. The molecule has 0 radical (unpaired) electrons. The first-order valence-electron chi connectivity index (χ1n) is 5.05. The van der Waals surface area contributed by atoms with Crippen LogP contribution in [-0.4, -0.2) is 9.97 Å². The lowest BCUT2D eigenvalue weighted by atomic mass is 10.1. The fourth-order valence-corrected chi connectivity index (χ4v) is 2.04. The van der Waals surface area contributed by atoms with Crippen molar-refractivity contribution in [2.45, 2.75) is 6.92 Å². The maximum absolute atomic E-state index is 5.97. The monoisotopic (exact) mass is 228 g/mol. The molecule has 0 fully saturated rings. The molecular formula is C13H9ClN2. The second-order valence-corrected chi connectivity index (χ2v) is 4.31. The van der Waals surface area contributed by atoms with E-state index in [-0.39, 0.29) is 0 Å². The van der Waals surface area contributed by atoms with Crippen LogP contribution in [0, 0.1) is 6.92 Å². The molecule has 78 valence electrons. The number of aryl methyl sites for hydroxylation is 1. The lowest BCUT2D eigenvalue weighted by Gasteiger charge is -2.03. The summed E-state index contributed by atoms with van der Waals surface area (Å²) in [5.74, 6) is 0. The summed E-state index contributed by atoms with van der Waals surface area (Å²) in [6.45, 7) is 2.07. The fourth-order valence-electron chi connectivity index (χ4n) is 1.88. The van der Waals surface area contributed by atoms with Gasteiger partial charge in [-0.3, -0.25) is 0 Å². The van der Waals surface area contributed by atoms with Crippen molar-refractivity contribution in [3.05, 3.63) is 47.2 Å². The molecule has 0 aliphatic carbocycles. The number of benzene rings is 1. The van der Waals surface area contributed by atoms with Gasteiger partial charge in [0.05, 0.1) is 5.02 Å². The van der Waals surface area contributed by atoms with Crippen LogP contribution in [0.2, 0.25) is 5.02 Å². The van der Waals surface area contributed by atoms with E-state index in [1.165, 1.54) is 5.56 Å². The van der Waals surface area contributed by atoms with Crippen LogP contribution >= 0.6 is 11.6 Å². The minimum absolute atomic E-state index is 0.642. The third-order valence-corrected chi connectivity index (χ3v) is 2.86. The highest BCUT2D eigenvalue weighted by Gasteiger charge is 2.03. The van der Waals surface area contributed by atoms with Crippen LogP contribution < -0.4 is 0 Å². The lowest BCUT2D eigenvalue weighted by Crippen LogP contribution is -1.86. The van der Waals surface area contributed by atoms with Crippen LogP contribution in [0.25, 0.3) is 21.8 Å². The van der Waals surface area contributed by atoms with Crippen molar-refractivity contribution in [3.8, 4) is 0 Å². The number of rotatable bonds is 0. The molecule has 0 atom stereocenters. The Kier molecular flexibility index (Phi) is 2.04. The van der Waals surface area contributed by atoms with E-state index in [0.29, 0.717) is 5.02 Å². The Labute approximate surface area is 97.9 Å². The third-order valence-electron chi connectivity index (χ3n) is 2.66. The molecular weight excluding hydrogens is 220 g/mol. The normalized spacial score (nSPS) is 11.1. The van der Waals surface area contributed by atoms with Gasteiger partial charge in [-0.1, -0.05) is 35.4 Å². The summed E-state index contributed by atoms with van der Waals surface area (Å²) in [6.07, 6.45) is 3.47. The highest BCUT2D eigenvalue weighted by atomic mass is 35.5. The van der Waals surface area contributed by atoms with Crippen molar-refractivity contribution >= 4 is 33.4 Å². The summed E-state index contributed by atoms with van der Waals surface area (Å²) in [4.78, 5) is 8.53. The average Bonchev–Trinajstić information content (AvgIpc) is 2.29. The van der Waals surface area contributed by atoms with Crippen molar-refractivity contribution < 1.29 is 0 Å². The van der Waals surface area contributed by atoms with E-state index in [1.807, 2.05) is 12.3 Å². The van der Waals surface area contributed by atoms with E-state index < -0.39 is 0 Å². The van der Waals surface area contributed by atoms with Gasteiger partial charge in [-0.05, 0) is 18.4 Å². The Morgan fingerprint density at radius 1 is 1.00 bits per heavy atom. The maximum atomic E-state index is 5.97. The molecule has 0 saturated carbocycles. The van der Waals surface area contributed by atoms with Gasteiger partial charge >= 0.3 is 0 Å². The molecule has 2 aromatic heterocycles. The van der Waals surface area contributed by atoms with Crippen molar-refractivity contribution in [2.75, 3.05) is 0 Å². The molecule has 0 bridgehead atoms. The number of pyridine rings is 2. The van der Waals surface area contributed by atoms with Crippen LogP contribution in [0.5, 0.6) is 0 Å². The quantitative estimate of drug-likeness (QED) is 0.548. The van der Waals surface area contributed by atoms with Crippen LogP contribution in [0.4, 0.5) is 0 Å². The smallest absolute Gasteiger partial charge is 0.159 e. The van der Waals surface area contributed by atoms with Gasteiger partial charge in [0, 0.05) is 23.2 Å². The van der Waals surface area contributed by atoms with Crippen molar-refractivity contribution in [1.82, 2.24) is 9.97 Å². The Bertz CT molecular complexity index is 631. The van der Waals surface area contributed by atoms with Crippen LogP contribution in [-0.2, 0) is 0 Å². The summed E-state index contributed by atoms with van der Waals surface area (Å²) >= 11 is 5.97. The zero-order valence-corrected chi connectivity index (χ0v) is 9.49. The van der Waals surface area contributed by atoms with Crippen LogP contribution in [0.15, 0.2) is 36.7 Å². The number of hydrogen-bond donors (Lipinski definition) is 0. The zero-order chi connectivity index (χ0) is 11.1. The van der Waals surface area contributed by atoms with E-state index in [0.717, 1.165) is 21.8 Å². The van der Waals surface area contributed by atoms with E-state index in [1.54, 1.807) is 6.20 Å². The molecule has 1 aromatic carbocycles. The van der Waals surface area contributed by atoms with E-state index in [4.69, 9.17) is 11.6 Å². The van der Waals surface area contributed by atoms with Crippen molar-refractivity contribution in [2.24, 2.45) is 0 Å². The summed E-state index contributed by atoms with van der Waals surface area (Å²) in [6, 6.07) is 8.20. The second-order valence-electron chi connectivity index (χ2n) is 3.87. The Hall–Kier alpha value is -1.67. The predicted molar refractivity (Wildman–Crippen MR) is 66.8 cm³/mol. The van der Waals surface area contributed by atoms with Crippen molar-refractivity contribution in [1.29, 1.82) is 0 Å². The molecule has 0 aliphatic rings. The van der Waals surface area contributed by atoms with Gasteiger partial charge in [-0.15, -0.1) is 0 Å². The Balaban J connectivity index is 2.55. The lowest BCUT2D eigenvalue weighted by molar-refractivity contribution is 1.30. The van der Waals surface area contributed by atoms with Gasteiger partial charge in [0.25, 0.3) is 0 Å². The molecule has 3 rings (SSSR count). The largest absolute Gasteiger partial charge is 0.236 e. The molecule has 2 nitrogen and oxygen atoms in total. The third kappa shape index (κ3) is 1.42. The molecule has 0 unspecified atom stereocenters. The van der Waals surface area contributed by atoms with Crippen LogP contribution in [0.1, 0.15) is 5.56 Å². The molecule has 3 aromatic rings. The molecule has 0 amide bonds. The summed E-state index contributed by atoms with van der Waals surface area (Å²) in [5, 5.41) is 3.92. The highest BCUT2D eigenvalue weighted by molar-refractivity contribution is 6.31. The molecule has 0 spiro atoms. The van der Waals surface area contributed by atoms with Gasteiger partial charge in [-0.25, -0.2) is 9.97 Å². The standard InChI is InChI=1S/C13H9ClN2/c1-8-2-3-9-6-15-13-12(11(9)4-8)5-10(14)7-16-13/h2-7H,1H3. The number of halogens is 1. The highest BCUT2D eigenvalue weighted by Crippen LogP contribution is 2.25. The molecule has 2 heterocycles. The van der Waals surface area contributed by atoms with Gasteiger partial charge < -0.3 is 0 Å². The van der Waals surface area contributed by atoms with E-state index >= 15 is 0 Å². The maximum Gasteiger partial charge on any atom is 0.159 e. The van der Waals surface area contributed by atoms with Gasteiger partial charge in [-0.2, -0.15) is 0 Å². The minimum atomic E-state index is 0.642. The van der Waals surface area contributed by atoms with Gasteiger partial charge in [0.15, 0.2) is 5.65 Å². The Morgan fingerprint density at radius 3 is 2.69 bits per heavy atom. The average molecular weight is 229 g/mol. The van der Waals surface area contributed by atoms with Gasteiger partial charge in [0.1, 0.15) is 0 Å². The molecule has 0 saturated heterocycles. The van der Waals surface area contributed by atoms with Gasteiger partial charge in [0.2, 0.25) is 0 Å². The predicted octanol–water partition coefficient (Wildman–Crippen LogP) is 3.74. The van der Waals surface area contributed by atoms with Crippen molar-refractivity contribution in [3.63, 3.8) is 0 Å². The topological polar surface area (TPSA) is 25.8 Å². The number of fused-ring (bicyclic) bond motifs is 3. The van der Waals surface area contributed by atoms with E-state index in [2.05, 4.69) is 35.1 Å². The molecule has 3 heteroatoms. The summed E-state index contributed by atoms with van der Waals surface area (Å²) < 4.78 is 0. The van der Waals surface area contributed by atoms with Crippen LogP contribution in [0.3, 0.4) is 0 Å².